The van der Waals surface area contributed by atoms with Crippen molar-refractivity contribution < 1.29 is 9.13 Å². The topological polar surface area (TPSA) is 78.3 Å². The molecule has 32 heavy (non-hydrogen) atoms. The number of imidazole rings is 1. The number of ether oxygens (including phenoxy) is 1. The molecule has 1 atom stereocenters. The van der Waals surface area contributed by atoms with Crippen molar-refractivity contribution in [2.75, 3.05) is 5.73 Å². The van der Waals surface area contributed by atoms with Crippen LogP contribution in [0.5, 0.6) is 5.75 Å². The minimum atomic E-state index is -0.583. The Labute approximate surface area is 195 Å². The highest BCUT2D eigenvalue weighted by molar-refractivity contribution is 6.31. The van der Waals surface area contributed by atoms with Gasteiger partial charge in [-0.2, -0.15) is 0 Å². The Balaban J connectivity index is 1.98. The molecule has 0 radical (unpaired) electrons. The second-order valence-electron chi connectivity index (χ2n) is 7.81. The fraction of sp³-hybridized carbons (Fsp3) is 0.261. The zero-order chi connectivity index (χ0) is 23.2. The van der Waals surface area contributed by atoms with Gasteiger partial charge in [0.25, 0.3) is 0 Å². The highest BCUT2D eigenvalue weighted by atomic mass is 35.5. The van der Waals surface area contributed by atoms with Gasteiger partial charge in [0.1, 0.15) is 28.1 Å². The molecular weight excluding hydrogens is 452 g/mol. The number of nitrogens with zero attached hydrogens (tertiary/aromatic N) is 4. The van der Waals surface area contributed by atoms with Crippen molar-refractivity contribution in [2.24, 2.45) is 0 Å². The van der Waals surface area contributed by atoms with Gasteiger partial charge in [0.2, 0.25) is 0 Å². The van der Waals surface area contributed by atoms with Crippen molar-refractivity contribution in [2.45, 2.75) is 39.7 Å². The van der Waals surface area contributed by atoms with E-state index >= 15 is 4.39 Å². The number of nitrogen functional groups attached to an aromatic ring is 1. The standard InChI is InChI=1S/C23H22Cl2FN5O/c1-11(2)32-21-15(9-16(24)19(26)18(21)14-5-6-17(25)29-10-14)12(3)23-30-13(4)20-22(27)28-7-8-31(20)23/h5-12H,1-4H3,(H2,27,28). The molecule has 2 N–H and O–H groups in total. The number of hydrogen-bond donors (Lipinski definition) is 1. The summed E-state index contributed by atoms with van der Waals surface area (Å²) in [6, 6.07) is 4.88. The van der Waals surface area contributed by atoms with Crippen LogP contribution in [0.1, 0.15) is 43.8 Å². The molecule has 0 aliphatic rings. The van der Waals surface area contributed by atoms with Gasteiger partial charge in [0.15, 0.2) is 5.82 Å². The van der Waals surface area contributed by atoms with Crippen molar-refractivity contribution in [3.63, 3.8) is 0 Å². The molecule has 166 valence electrons. The van der Waals surface area contributed by atoms with Gasteiger partial charge in [-0.05, 0) is 39.0 Å². The maximum Gasteiger partial charge on any atom is 0.153 e. The lowest BCUT2D eigenvalue weighted by Crippen LogP contribution is -2.13. The average Bonchev–Trinajstić information content (AvgIpc) is 3.09. The normalized spacial score (nSPS) is 12.5. The van der Waals surface area contributed by atoms with Gasteiger partial charge >= 0.3 is 0 Å². The number of pyridine rings is 1. The number of benzene rings is 1. The van der Waals surface area contributed by atoms with Crippen LogP contribution in [0.3, 0.4) is 0 Å². The van der Waals surface area contributed by atoms with Crippen LogP contribution in [0.25, 0.3) is 16.6 Å². The lowest BCUT2D eigenvalue weighted by molar-refractivity contribution is 0.239. The molecule has 0 fully saturated rings. The third-order valence-corrected chi connectivity index (χ3v) is 5.71. The molecule has 4 rings (SSSR count). The molecule has 3 heterocycles. The summed E-state index contributed by atoms with van der Waals surface area (Å²) in [6.45, 7) is 7.60. The molecule has 0 aliphatic carbocycles. The largest absolute Gasteiger partial charge is 0.490 e. The van der Waals surface area contributed by atoms with Crippen molar-refractivity contribution in [3.8, 4) is 16.9 Å². The Bertz CT molecular complexity index is 1300. The van der Waals surface area contributed by atoms with E-state index in [4.69, 9.17) is 38.7 Å². The lowest BCUT2D eigenvalue weighted by atomic mass is 9.93. The van der Waals surface area contributed by atoms with Crippen LogP contribution in [-0.4, -0.2) is 25.5 Å². The highest BCUT2D eigenvalue weighted by Gasteiger charge is 2.27. The Morgan fingerprint density at radius 1 is 1.16 bits per heavy atom. The predicted molar refractivity (Wildman–Crippen MR) is 125 cm³/mol. The first-order valence-corrected chi connectivity index (χ1v) is 10.8. The van der Waals surface area contributed by atoms with Crippen molar-refractivity contribution in [1.29, 1.82) is 0 Å². The van der Waals surface area contributed by atoms with E-state index in [1.807, 2.05) is 32.1 Å². The fourth-order valence-electron chi connectivity index (χ4n) is 3.81. The Kier molecular flexibility index (Phi) is 5.97. The lowest BCUT2D eigenvalue weighted by Gasteiger charge is -2.23. The van der Waals surface area contributed by atoms with Crippen LogP contribution in [-0.2, 0) is 0 Å². The van der Waals surface area contributed by atoms with Crippen molar-refractivity contribution >= 4 is 34.5 Å². The maximum atomic E-state index is 15.3. The summed E-state index contributed by atoms with van der Waals surface area (Å²) >= 11 is 12.3. The SMILES string of the molecule is Cc1nc(C(C)c2cc(Cl)c(F)c(-c3ccc(Cl)nc3)c2OC(C)C)n2ccnc(N)c12. The first-order valence-electron chi connectivity index (χ1n) is 10.1. The zero-order valence-electron chi connectivity index (χ0n) is 18.0. The quantitative estimate of drug-likeness (QED) is 0.356. The first-order chi connectivity index (χ1) is 15.2. The van der Waals surface area contributed by atoms with E-state index in [-0.39, 0.29) is 22.6 Å². The molecular formula is C23H22Cl2FN5O. The van der Waals surface area contributed by atoms with Gasteiger partial charge in [-0.1, -0.05) is 30.1 Å². The molecule has 3 aromatic heterocycles. The van der Waals surface area contributed by atoms with Gasteiger partial charge in [0, 0.05) is 35.6 Å². The molecule has 6 nitrogen and oxygen atoms in total. The number of hydrogen-bond acceptors (Lipinski definition) is 5. The van der Waals surface area contributed by atoms with E-state index in [1.54, 1.807) is 30.6 Å². The summed E-state index contributed by atoms with van der Waals surface area (Å²) in [7, 11) is 0. The fourth-order valence-corrected chi connectivity index (χ4v) is 4.13. The Morgan fingerprint density at radius 2 is 1.91 bits per heavy atom. The summed E-state index contributed by atoms with van der Waals surface area (Å²) in [5.74, 6) is 0.599. The van der Waals surface area contributed by atoms with Crippen LogP contribution in [0.2, 0.25) is 10.2 Å². The number of anilines is 1. The van der Waals surface area contributed by atoms with E-state index in [2.05, 4.69) is 9.97 Å². The van der Waals surface area contributed by atoms with Crippen LogP contribution < -0.4 is 10.5 Å². The second kappa shape index (κ2) is 8.56. The van der Waals surface area contributed by atoms with Crippen molar-refractivity contribution in [3.05, 3.63) is 69.9 Å². The van der Waals surface area contributed by atoms with Crippen LogP contribution in [0, 0.1) is 12.7 Å². The molecule has 0 amide bonds. The van der Waals surface area contributed by atoms with Gasteiger partial charge in [-0.15, -0.1) is 0 Å². The molecule has 1 unspecified atom stereocenters. The summed E-state index contributed by atoms with van der Waals surface area (Å²) in [4.78, 5) is 13.0. The first kappa shape index (κ1) is 22.3. The second-order valence-corrected chi connectivity index (χ2v) is 8.60. The molecule has 0 saturated carbocycles. The van der Waals surface area contributed by atoms with Crippen LogP contribution >= 0.6 is 23.2 Å². The molecule has 0 saturated heterocycles. The third kappa shape index (κ3) is 3.87. The monoisotopic (exact) mass is 473 g/mol. The predicted octanol–water partition coefficient (Wildman–Crippen LogP) is 6.07. The molecule has 0 aliphatic heterocycles. The van der Waals surface area contributed by atoms with E-state index in [9.17, 15) is 0 Å². The zero-order valence-corrected chi connectivity index (χ0v) is 19.5. The van der Waals surface area contributed by atoms with E-state index in [0.29, 0.717) is 33.7 Å². The number of nitrogens with two attached hydrogens (primary N) is 1. The summed E-state index contributed by atoms with van der Waals surface area (Å²) < 4.78 is 23.4. The molecule has 0 bridgehead atoms. The smallest absolute Gasteiger partial charge is 0.153 e. The molecule has 1 aromatic carbocycles. The number of fused-ring (bicyclic) bond motifs is 1. The number of aryl methyl sites for hydroxylation is 1. The molecule has 9 heteroatoms. The molecule has 0 spiro atoms. The average molecular weight is 474 g/mol. The van der Waals surface area contributed by atoms with Crippen molar-refractivity contribution in [1.82, 2.24) is 19.4 Å². The number of aromatic nitrogens is 4. The van der Waals surface area contributed by atoms with Crippen LogP contribution in [0.4, 0.5) is 10.2 Å². The Hall–Kier alpha value is -2.90. The Morgan fingerprint density at radius 3 is 2.56 bits per heavy atom. The maximum absolute atomic E-state index is 15.3. The van der Waals surface area contributed by atoms with Crippen LogP contribution in [0.15, 0.2) is 36.8 Å². The van der Waals surface area contributed by atoms with Gasteiger partial charge in [-0.3, -0.25) is 4.40 Å². The molecule has 4 aromatic rings. The summed E-state index contributed by atoms with van der Waals surface area (Å²) in [5, 5.41) is 0.285. The third-order valence-electron chi connectivity index (χ3n) is 5.21. The minimum absolute atomic E-state index is 0.0216. The van der Waals surface area contributed by atoms with E-state index < -0.39 is 5.82 Å². The van der Waals surface area contributed by atoms with E-state index in [1.165, 1.54) is 6.20 Å². The summed E-state index contributed by atoms with van der Waals surface area (Å²) in [6.07, 6.45) is 4.71. The minimum Gasteiger partial charge on any atom is -0.490 e. The number of halogens is 3. The summed E-state index contributed by atoms with van der Waals surface area (Å²) in [5.41, 5.74) is 8.99. The van der Waals surface area contributed by atoms with Gasteiger partial charge in [0.05, 0.1) is 22.4 Å². The number of rotatable bonds is 5. The van der Waals surface area contributed by atoms with Gasteiger partial charge in [-0.25, -0.2) is 19.3 Å². The van der Waals surface area contributed by atoms with E-state index in [0.717, 1.165) is 11.2 Å². The highest BCUT2D eigenvalue weighted by Crippen LogP contribution is 2.44. The van der Waals surface area contributed by atoms with Gasteiger partial charge < -0.3 is 10.5 Å².